The Bertz CT molecular complexity index is 374. The molecule has 0 bridgehead atoms. The quantitative estimate of drug-likeness (QED) is 0.595. The minimum atomic E-state index is -0.192. The fourth-order valence-electron chi connectivity index (χ4n) is 2.48. The van der Waals surface area contributed by atoms with Gasteiger partial charge in [-0.25, -0.2) is 0 Å². The molecule has 0 fully saturated rings. The lowest BCUT2D eigenvalue weighted by atomic mass is 9.79. The zero-order chi connectivity index (χ0) is 14.8. The molecular weight excluding hydrogens is 266 g/mol. The van der Waals surface area contributed by atoms with Crippen molar-refractivity contribution in [1.82, 2.24) is 5.32 Å². The predicted molar refractivity (Wildman–Crippen MR) is 87.9 cm³/mol. The topological polar surface area (TPSA) is 29.1 Å². The third-order valence-electron chi connectivity index (χ3n) is 3.97. The largest absolute Gasteiger partial charge is 0.351 e. The molecule has 1 rings (SSSR count). The molecule has 1 aromatic heterocycles. The second kappa shape index (κ2) is 9.17. The van der Waals surface area contributed by atoms with E-state index in [0.29, 0.717) is 6.54 Å². The van der Waals surface area contributed by atoms with Crippen LogP contribution in [0, 0.1) is 5.41 Å². The molecular formula is C17H29NOS. The van der Waals surface area contributed by atoms with Crippen LogP contribution in [0.2, 0.25) is 0 Å². The molecule has 1 aromatic rings. The molecule has 1 atom stereocenters. The van der Waals surface area contributed by atoms with Crippen molar-refractivity contribution in [3.8, 4) is 0 Å². The van der Waals surface area contributed by atoms with Crippen LogP contribution < -0.4 is 5.32 Å². The summed E-state index contributed by atoms with van der Waals surface area (Å²) < 4.78 is 0. The van der Waals surface area contributed by atoms with Crippen molar-refractivity contribution in [2.45, 2.75) is 72.3 Å². The molecule has 114 valence electrons. The maximum Gasteiger partial charge on any atom is 0.226 e. The van der Waals surface area contributed by atoms with Crippen molar-refractivity contribution in [2.75, 3.05) is 0 Å². The van der Waals surface area contributed by atoms with Gasteiger partial charge in [0, 0.05) is 10.3 Å². The van der Waals surface area contributed by atoms with E-state index in [1.54, 1.807) is 11.3 Å². The van der Waals surface area contributed by atoms with Gasteiger partial charge >= 0.3 is 0 Å². The van der Waals surface area contributed by atoms with E-state index in [-0.39, 0.29) is 11.3 Å². The molecule has 0 spiro atoms. The predicted octanol–water partition coefficient (Wildman–Crippen LogP) is 5.14. The van der Waals surface area contributed by atoms with Gasteiger partial charge in [0.1, 0.15) is 0 Å². The lowest BCUT2D eigenvalue weighted by Crippen LogP contribution is -2.38. The fraction of sp³-hybridized carbons (Fsp3) is 0.706. The highest BCUT2D eigenvalue weighted by atomic mass is 32.1. The van der Waals surface area contributed by atoms with Crippen molar-refractivity contribution >= 4 is 17.2 Å². The van der Waals surface area contributed by atoms with Crippen molar-refractivity contribution < 1.29 is 4.79 Å². The Morgan fingerprint density at radius 2 is 1.90 bits per heavy atom. The molecule has 0 aliphatic heterocycles. The van der Waals surface area contributed by atoms with Gasteiger partial charge in [0.15, 0.2) is 0 Å². The average Bonchev–Trinajstić information content (AvgIpc) is 2.96. The van der Waals surface area contributed by atoms with Crippen LogP contribution in [0.25, 0.3) is 0 Å². The van der Waals surface area contributed by atoms with E-state index in [1.807, 2.05) is 6.07 Å². The van der Waals surface area contributed by atoms with Gasteiger partial charge in [0.25, 0.3) is 0 Å². The molecule has 0 aromatic carbocycles. The lowest BCUT2D eigenvalue weighted by Gasteiger charge is -2.28. The summed E-state index contributed by atoms with van der Waals surface area (Å²) in [6.07, 6.45) is 7.89. The number of carbonyl (C=O) groups excluding carboxylic acids is 1. The number of nitrogens with one attached hydrogen (secondary N) is 1. The van der Waals surface area contributed by atoms with Gasteiger partial charge in [-0.2, -0.15) is 0 Å². The van der Waals surface area contributed by atoms with E-state index in [1.165, 1.54) is 17.7 Å². The first-order valence-electron chi connectivity index (χ1n) is 7.93. The van der Waals surface area contributed by atoms with E-state index in [0.717, 1.165) is 32.1 Å². The van der Waals surface area contributed by atoms with Gasteiger partial charge < -0.3 is 5.32 Å². The number of amides is 1. The molecule has 1 unspecified atom stereocenters. The summed E-state index contributed by atoms with van der Waals surface area (Å²) in [5.41, 5.74) is -0.192. The summed E-state index contributed by atoms with van der Waals surface area (Å²) in [6.45, 7) is 7.21. The Labute approximate surface area is 128 Å². The summed E-state index contributed by atoms with van der Waals surface area (Å²) in [7, 11) is 0. The van der Waals surface area contributed by atoms with Gasteiger partial charge in [0.05, 0.1) is 6.54 Å². The van der Waals surface area contributed by atoms with Crippen molar-refractivity contribution in [3.63, 3.8) is 0 Å². The third-order valence-corrected chi connectivity index (χ3v) is 4.84. The summed E-state index contributed by atoms with van der Waals surface area (Å²) in [6, 6.07) is 4.11. The van der Waals surface area contributed by atoms with Crippen LogP contribution in [-0.2, 0) is 11.3 Å². The molecule has 1 N–H and O–H groups in total. The van der Waals surface area contributed by atoms with Crippen LogP contribution in [-0.4, -0.2) is 5.91 Å². The Balaban J connectivity index is 2.53. The number of hydrogen-bond donors (Lipinski definition) is 1. The number of thiophene rings is 1. The third kappa shape index (κ3) is 5.66. The van der Waals surface area contributed by atoms with Gasteiger partial charge in [-0.05, 0) is 24.3 Å². The Morgan fingerprint density at radius 1 is 1.20 bits per heavy atom. The van der Waals surface area contributed by atoms with Crippen molar-refractivity contribution in [1.29, 1.82) is 0 Å². The number of carbonyl (C=O) groups is 1. The molecule has 0 aliphatic carbocycles. The Hall–Kier alpha value is -0.830. The highest BCUT2D eigenvalue weighted by molar-refractivity contribution is 7.09. The summed E-state index contributed by atoms with van der Waals surface area (Å²) in [5, 5.41) is 5.19. The monoisotopic (exact) mass is 295 g/mol. The first kappa shape index (κ1) is 17.2. The second-order valence-corrected chi connectivity index (χ2v) is 6.92. The standard InChI is InChI=1S/C17H29NOS/c1-4-6-8-12-17(3,11-7-5-2)16(19)18-14-15-10-9-13-20-15/h9-10,13H,4-8,11-12,14H2,1-3H3,(H,18,19). The zero-order valence-corrected chi connectivity index (χ0v) is 14.0. The van der Waals surface area contributed by atoms with Crippen LogP contribution in [0.5, 0.6) is 0 Å². The number of rotatable bonds is 10. The first-order valence-corrected chi connectivity index (χ1v) is 8.81. The SMILES string of the molecule is CCCCCC(C)(CCCC)C(=O)NCc1cccs1. The maximum atomic E-state index is 12.6. The molecule has 0 aliphatic rings. The van der Waals surface area contributed by atoms with E-state index in [9.17, 15) is 4.79 Å². The minimum absolute atomic E-state index is 0.192. The molecule has 0 saturated heterocycles. The van der Waals surface area contributed by atoms with Gasteiger partial charge in [-0.3, -0.25) is 4.79 Å². The van der Waals surface area contributed by atoms with Crippen LogP contribution in [0.4, 0.5) is 0 Å². The summed E-state index contributed by atoms with van der Waals surface area (Å²) in [5.74, 6) is 0.232. The lowest BCUT2D eigenvalue weighted by molar-refractivity contribution is -0.131. The van der Waals surface area contributed by atoms with E-state index in [2.05, 4.69) is 37.5 Å². The van der Waals surface area contributed by atoms with Crippen molar-refractivity contribution in [3.05, 3.63) is 22.4 Å². The van der Waals surface area contributed by atoms with Gasteiger partial charge in [-0.15, -0.1) is 11.3 Å². The number of hydrogen-bond acceptors (Lipinski definition) is 2. The van der Waals surface area contributed by atoms with Crippen molar-refractivity contribution in [2.24, 2.45) is 5.41 Å². The summed E-state index contributed by atoms with van der Waals surface area (Å²) in [4.78, 5) is 13.8. The Kier molecular flexibility index (Phi) is 7.90. The van der Waals surface area contributed by atoms with E-state index in [4.69, 9.17) is 0 Å². The van der Waals surface area contributed by atoms with Gasteiger partial charge in [0.2, 0.25) is 5.91 Å². The smallest absolute Gasteiger partial charge is 0.226 e. The number of unbranched alkanes of at least 4 members (excludes halogenated alkanes) is 3. The van der Waals surface area contributed by atoms with Crippen LogP contribution in [0.3, 0.4) is 0 Å². The highest BCUT2D eigenvalue weighted by Gasteiger charge is 2.31. The molecule has 0 radical (unpaired) electrons. The second-order valence-electron chi connectivity index (χ2n) is 5.88. The first-order chi connectivity index (χ1) is 9.62. The highest BCUT2D eigenvalue weighted by Crippen LogP contribution is 2.31. The zero-order valence-electron chi connectivity index (χ0n) is 13.2. The molecule has 20 heavy (non-hydrogen) atoms. The fourth-order valence-corrected chi connectivity index (χ4v) is 3.12. The van der Waals surface area contributed by atoms with E-state index < -0.39 is 0 Å². The molecule has 0 saturated carbocycles. The minimum Gasteiger partial charge on any atom is -0.351 e. The molecule has 3 heteroatoms. The van der Waals surface area contributed by atoms with Crippen LogP contribution in [0.1, 0.15) is 70.6 Å². The van der Waals surface area contributed by atoms with Crippen LogP contribution >= 0.6 is 11.3 Å². The average molecular weight is 295 g/mol. The van der Waals surface area contributed by atoms with Gasteiger partial charge in [-0.1, -0.05) is 58.9 Å². The van der Waals surface area contributed by atoms with Crippen LogP contribution in [0.15, 0.2) is 17.5 Å². The Morgan fingerprint density at radius 3 is 2.50 bits per heavy atom. The normalized spacial score (nSPS) is 13.9. The molecule has 1 heterocycles. The van der Waals surface area contributed by atoms with E-state index >= 15 is 0 Å². The maximum absolute atomic E-state index is 12.6. The summed E-state index contributed by atoms with van der Waals surface area (Å²) >= 11 is 1.70. The molecule has 1 amide bonds. The molecule has 2 nitrogen and oxygen atoms in total.